The first kappa shape index (κ1) is 23.2. The minimum atomic E-state index is -0.604. The highest BCUT2D eigenvalue weighted by Gasteiger charge is 2.67. The van der Waals surface area contributed by atoms with Gasteiger partial charge in [-0.15, -0.1) is 0 Å². The topological polar surface area (TPSA) is 93.2 Å². The highest BCUT2D eigenvalue weighted by atomic mass is 16.5. The smallest absolute Gasteiger partial charge is 0.316 e. The van der Waals surface area contributed by atoms with Crippen molar-refractivity contribution in [3.8, 4) is 11.5 Å². The summed E-state index contributed by atoms with van der Waals surface area (Å²) in [6.07, 6.45) is 5.50. The summed E-state index contributed by atoms with van der Waals surface area (Å²) >= 11 is 0. The number of rotatable bonds is 5. The van der Waals surface area contributed by atoms with Crippen LogP contribution in [0.1, 0.15) is 18.4 Å². The molecule has 8 rings (SSSR count). The van der Waals surface area contributed by atoms with E-state index in [0.29, 0.717) is 40.3 Å². The van der Waals surface area contributed by atoms with Crippen molar-refractivity contribution >= 4 is 35.1 Å². The lowest BCUT2D eigenvalue weighted by Gasteiger charge is -2.37. The zero-order valence-electron chi connectivity index (χ0n) is 21.2. The van der Waals surface area contributed by atoms with Crippen molar-refractivity contribution in [2.75, 3.05) is 23.5 Å². The summed E-state index contributed by atoms with van der Waals surface area (Å²) < 4.78 is 10.9. The Morgan fingerprint density at radius 3 is 2.29 bits per heavy atom. The van der Waals surface area contributed by atoms with Crippen molar-refractivity contribution in [3.05, 3.63) is 60.2 Å². The first-order valence-electron chi connectivity index (χ1n) is 13.2. The largest absolute Gasteiger partial charge is 0.497 e. The molecule has 2 aliphatic heterocycles. The highest BCUT2D eigenvalue weighted by Crippen LogP contribution is 2.65. The van der Waals surface area contributed by atoms with Crippen LogP contribution in [0, 0.1) is 48.3 Å². The normalized spacial score (nSPS) is 32.5. The summed E-state index contributed by atoms with van der Waals surface area (Å²) in [5, 5.41) is 0. The molecule has 2 bridgehead atoms. The fourth-order valence-corrected chi connectivity index (χ4v) is 7.23. The zero-order valence-corrected chi connectivity index (χ0v) is 21.2. The predicted octanol–water partition coefficient (Wildman–Crippen LogP) is 3.52. The van der Waals surface area contributed by atoms with Gasteiger partial charge in [-0.25, -0.2) is 4.90 Å². The Morgan fingerprint density at radius 2 is 1.63 bits per heavy atom. The van der Waals surface area contributed by atoms with Crippen LogP contribution in [0.15, 0.2) is 54.6 Å². The number of amides is 3. The molecule has 4 fully saturated rings. The molecule has 0 aromatic heterocycles. The second-order valence-corrected chi connectivity index (χ2v) is 11.1. The van der Waals surface area contributed by atoms with Gasteiger partial charge in [0.2, 0.25) is 17.7 Å². The van der Waals surface area contributed by atoms with Crippen LogP contribution in [-0.4, -0.2) is 37.3 Å². The Kier molecular flexibility index (Phi) is 5.05. The van der Waals surface area contributed by atoms with Crippen LogP contribution in [0.2, 0.25) is 0 Å². The molecule has 2 saturated heterocycles. The number of nitrogens with zero attached hydrogens (tertiary/aromatic N) is 2. The molecule has 2 aromatic rings. The van der Waals surface area contributed by atoms with Gasteiger partial charge in [-0.3, -0.25) is 19.2 Å². The summed E-state index contributed by atoms with van der Waals surface area (Å²) in [6.45, 7) is 2.03. The molecule has 2 saturated carbocycles. The quantitative estimate of drug-likeness (QED) is 0.263. The van der Waals surface area contributed by atoms with E-state index in [1.54, 1.807) is 54.5 Å². The van der Waals surface area contributed by atoms with Crippen LogP contribution in [0.3, 0.4) is 0 Å². The Hall–Kier alpha value is -3.94. The minimum absolute atomic E-state index is 0.0605. The van der Waals surface area contributed by atoms with E-state index in [-0.39, 0.29) is 54.4 Å². The first-order chi connectivity index (χ1) is 18.4. The van der Waals surface area contributed by atoms with Gasteiger partial charge in [0.1, 0.15) is 11.5 Å². The van der Waals surface area contributed by atoms with Crippen LogP contribution >= 0.6 is 0 Å². The van der Waals surface area contributed by atoms with Crippen LogP contribution in [-0.2, 0) is 19.2 Å². The standard InChI is InChI=1S/C30H28N2O6/c1-15-10-19(38-30(36)16-11-25(33)31(14-16)17-4-3-5-18(12-17)37-2)6-9-24(15)32-28(34)26-20-7-8-21(23-13-22(20)23)27(26)29(32)35/h3-10,12,16,20-23,26-27H,11,13-14H2,1-2H3/t16-,20+,21+,22-,23+,26-,27+/m1/s1. The van der Waals surface area contributed by atoms with Gasteiger partial charge in [-0.05, 0) is 72.9 Å². The van der Waals surface area contributed by atoms with E-state index >= 15 is 0 Å². The Bertz CT molecular complexity index is 1400. The summed E-state index contributed by atoms with van der Waals surface area (Å²) in [5.41, 5.74) is 1.90. The van der Waals surface area contributed by atoms with Gasteiger partial charge in [0, 0.05) is 24.7 Å². The molecule has 8 nitrogen and oxygen atoms in total. The van der Waals surface area contributed by atoms with E-state index in [1.807, 2.05) is 6.92 Å². The lowest BCUT2D eigenvalue weighted by molar-refractivity contribution is -0.139. The highest BCUT2D eigenvalue weighted by molar-refractivity contribution is 6.23. The second kappa shape index (κ2) is 8.28. The number of carbonyl (C=O) groups is 4. The Balaban J connectivity index is 1.06. The monoisotopic (exact) mass is 512 g/mol. The SMILES string of the molecule is COc1cccc(N2C[C@H](C(=O)Oc3ccc(N4C(=O)[C@@H]5[C@H]6C=C[C@@H]([C@@H]7C[C@H]67)[C@@H]5C4=O)c(C)c3)CC2=O)c1. The number of ether oxygens (including phenoxy) is 2. The van der Waals surface area contributed by atoms with Gasteiger partial charge >= 0.3 is 5.97 Å². The third-order valence-electron chi connectivity index (χ3n) is 9.11. The van der Waals surface area contributed by atoms with E-state index < -0.39 is 11.9 Å². The first-order valence-corrected chi connectivity index (χ1v) is 13.2. The van der Waals surface area contributed by atoms with E-state index in [0.717, 1.165) is 6.42 Å². The van der Waals surface area contributed by atoms with Gasteiger partial charge < -0.3 is 14.4 Å². The number of methoxy groups -OCH3 is 1. The molecule has 4 aliphatic carbocycles. The summed E-state index contributed by atoms with van der Waals surface area (Å²) in [5.74, 6) is 0.405. The molecule has 3 amide bonds. The molecule has 0 unspecified atom stereocenters. The Morgan fingerprint density at radius 1 is 0.921 bits per heavy atom. The molecule has 38 heavy (non-hydrogen) atoms. The van der Waals surface area contributed by atoms with Crippen LogP contribution < -0.4 is 19.3 Å². The van der Waals surface area contributed by atoms with Crippen LogP contribution in [0.4, 0.5) is 11.4 Å². The third kappa shape index (κ3) is 3.35. The number of carbonyl (C=O) groups excluding carboxylic acids is 4. The molecule has 0 spiro atoms. The predicted molar refractivity (Wildman–Crippen MR) is 137 cm³/mol. The van der Waals surface area contributed by atoms with Crippen LogP contribution in [0.25, 0.3) is 0 Å². The van der Waals surface area contributed by atoms with E-state index in [9.17, 15) is 19.2 Å². The van der Waals surface area contributed by atoms with Crippen molar-refractivity contribution in [1.82, 2.24) is 0 Å². The van der Waals surface area contributed by atoms with E-state index in [1.165, 1.54) is 4.90 Å². The van der Waals surface area contributed by atoms with Gasteiger partial charge in [-0.1, -0.05) is 18.2 Å². The van der Waals surface area contributed by atoms with Crippen molar-refractivity contribution < 1.29 is 28.7 Å². The summed E-state index contributed by atoms with van der Waals surface area (Å²) in [4.78, 5) is 55.4. The minimum Gasteiger partial charge on any atom is -0.497 e. The second-order valence-electron chi connectivity index (χ2n) is 11.1. The van der Waals surface area contributed by atoms with Gasteiger partial charge in [-0.2, -0.15) is 0 Å². The number of esters is 1. The molecular weight excluding hydrogens is 484 g/mol. The molecule has 7 atom stereocenters. The number of benzene rings is 2. The average Bonchev–Trinajstić information content (AvgIpc) is 3.60. The number of hydrogen-bond donors (Lipinski definition) is 0. The zero-order chi connectivity index (χ0) is 26.3. The van der Waals surface area contributed by atoms with Crippen molar-refractivity contribution in [2.45, 2.75) is 19.8 Å². The molecule has 0 N–H and O–H groups in total. The maximum Gasteiger partial charge on any atom is 0.316 e. The fraction of sp³-hybridized carbons (Fsp3) is 0.400. The molecular formula is C30H28N2O6. The van der Waals surface area contributed by atoms with Gasteiger partial charge in [0.25, 0.3) is 0 Å². The molecule has 8 heteroatoms. The summed E-state index contributed by atoms with van der Waals surface area (Å²) in [7, 11) is 1.56. The number of aryl methyl sites for hydroxylation is 1. The van der Waals surface area contributed by atoms with Crippen molar-refractivity contribution in [1.29, 1.82) is 0 Å². The molecule has 2 heterocycles. The van der Waals surface area contributed by atoms with Crippen molar-refractivity contribution in [3.63, 3.8) is 0 Å². The maximum absolute atomic E-state index is 13.5. The number of imide groups is 1. The average molecular weight is 513 g/mol. The Labute approximate surface area is 220 Å². The van der Waals surface area contributed by atoms with Gasteiger partial charge in [0.15, 0.2) is 0 Å². The third-order valence-corrected chi connectivity index (χ3v) is 9.11. The van der Waals surface area contributed by atoms with E-state index in [4.69, 9.17) is 9.47 Å². The van der Waals surface area contributed by atoms with Crippen molar-refractivity contribution in [2.24, 2.45) is 41.4 Å². The lowest BCUT2D eigenvalue weighted by Crippen LogP contribution is -2.40. The number of hydrogen-bond acceptors (Lipinski definition) is 6. The fourth-order valence-electron chi connectivity index (χ4n) is 7.23. The number of anilines is 2. The molecule has 0 radical (unpaired) electrons. The van der Waals surface area contributed by atoms with Crippen LogP contribution in [0.5, 0.6) is 11.5 Å². The molecule has 194 valence electrons. The molecule has 6 aliphatic rings. The van der Waals surface area contributed by atoms with E-state index in [2.05, 4.69) is 12.2 Å². The maximum atomic E-state index is 13.5. The summed E-state index contributed by atoms with van der Waals surface area (Å²) in [6, 6.07) is 12.1. The lowest BCUT2D eigenvalue weighted by atomic mass is 9.63. The van der Waals surface area contributed by atoms with Gasteiger partial charge in [0.05, 0.1) is 30.6 Å². The number of allylic oxidation sites excluding steroid dienone is 2. The molecule has 2 aromatic carbocycles.